The van der Waals surface area contributed by atoms with Crippen molar-refractivity contribution < 1.29 is 9.53 Å². The molecule has 2 aromatic rings. The molecule has 0 atom stereocenters. The highest BCUT2D eigenvalue weighted by Gasteiger charge is 2.27. The van der Waals surface area contributed by atoms with Gasteiger partial charge >= 0.3 is 0 Å². The third-order valence-electron chi connectivity index (χ3n) is 4.34. The fraction of sp³-hybridized carbons (Fsp3) is 0.353. The van der Waals surface area contributed by atoms with Gasteiger partial charge in [-0.1, -0.05) is 25.1 Å². The van der Waals surface area contributed by atoms with Crippen LogP contribution in [0.3, 0.4) is 0 Å². The van der Waals surface area contributed by atoms with Gasteiger partial charge in [0.15, 0.2) is 5.82 Å². The van der Waals surface area contributed by atoms with Gasteiger partial charge < -0.3 is 14.2 Å². The van der Waals surface area contributed by atoms with Crippen molar-refractivity contribution in [2.24, 2.45) is 0 Å². The summed E-state index contributed by atoms with van der Waals surface area (Å²) in [6, 6.07) is 7.76. The molecule has 1 amide bonds. The lowest BCUT2D eigenvalue weighted by Crippen LogP contribution is -2.40. The molecule has 1 aromatic carbocycles. The molecule has 0 radical (unpaired) electrons. The molecule has 0 aliphatic carbocycles. The Morgan fingerprint density at radius 2 is 2.13 bits per heavy atom. The van der Waals surface area contributed by atoms with E-state index in [2.05, 4.69) is 21.7 Å². The van der Waals surface area contributed by atoms with Crippen molar-refractivity contribution in [2.45, 2.75) is 26.4 Å². The second-order valence-corrected chi connectivity index (χ2v) is 5.76. The van der Waals surface area contributed by atoms with Crippen LogP contribution in [-0.4, -0.2) is 38.7 Å². The second kappa shape index (κ2) is 5.53. The Bertz CT molecular complexity index is 794. The maximum Gasteiger partial charge on any atom is 0.253 e. The zero-order valence-corrected chi connectivity index (χ0v) is 13.0. The van der Waals surface area contributed by atoms with Crippen LogP contribution in [0.5, 0.6) is 5.75 Å². The summed E-state index contributed by atoms with van der Waals surface area (Å²) in [5, 5.41) is 8.40. The van der Waals surface area contributed by atoms with Crippen LogP contribution in [-0.2, 0) is 24.3 Å². The van der Waals surface area contributed by atoms with Crippen LogP contribution >= 0.6 is 0 Å². The number of aromatic nitrogens is 3. The number of nitrogens with zero attached hydrogens (tertiary/aromatic N) is 4. The van der Waals surface area contributed by atoms with Crippen molar-refractivity contribution in [3.8, 4) is 5.75 Å². The molecule has 118 valence electrons. The predicted molar refractivity (Wildman–Crippen MR) is 84.7 cm³/mol. The topological polar surface area (TPSA) is 60.2 Å². The number of para-hydroxylation sites is 1. The fourth-order valence-corrected chi connectivity index (χ4v) is 3.10. The van der Waals surface area contributed by atoms with Crippen LogP contribution < -0.4 is 4.74 Å². The third-order valence-corrected chi connectivity index (χ3v) is 4.34. The minimum Gasteiger partial charge on any atom is -0.488 e. The van der Waals surface area contributed by atoms with E-state index < -0.39 is 0 Å². The number of carbonyl (C=O) groups excluding carboxylic acids is 1. The summed E-state index contributed by atoms with van der Waals surface area (Å²) in [6.07, 6.45) is 2.79. The first kappa shape index (κ1) is 14.0. The number of carbonyl (C=O) groups is 1. The predicted octanol–water partition coefficient (Wildman–Crippen LogP) is 1.66. The lowest BCUT2D eigenvalue weighted by molar-refractivity contribution is -0.128. The molecule has 0 bridgehead atoms. The first-order valence-corrected chi connectivity index (χ1v) is 7.89. The van der Waals surface area contributed by atoms with Crippen molar-refractivity contribution in [3.63, 3.8) is 0 Å². The highest BCUT2D eigenvalue weighted by molar-refractivity contribution is 5.99. The Morgan fingerprint density at radius 1 is 1.26 bits per heavy atom. The van der Waals surface area contributed by atoms with Crippen molar-refractivity contribution in [1.82, 2.24) is 19.7 Å². The van der Waals surface area contributed by atoms with Gasteiger partial charge in [0.2, 0.25) is 0 Å². The maximum atomic E-state index is 12.8. The average Bonchev–Trinajstić information content (AvgIpc) is 3.03. The van der Waals surface area contributed by atoms with E-state index in [0.29, 0.717) is 25.3 Å². The van der Waals surface area contributed by atoms with E-state index in [1.807, 2.05) is 35.2 Å². The van der Waals surface area contributed by atoms with Crippen molar-refractivity contribution in [1.29, 1.82) is 0 Å². The molecule has 2 aliphatic heterocycles. The number of fused-ring (bicyclic) bond motifs is 2. The van der Waals surface area contributed by atoms with Crippen molar-refractivity contribution >= 4 is 12.0 Å². The van der Waals surface area contributed by atoms with Gasteiger partial charge in [-0.2, -0.15) is 0 Å². The number of ether oxygens (including phenoxy) is 1. The summed E-state index contributed by atoms with van der Waals surface area (Å²) < 4.78 is 7.81. The van der Waals surface area contributed by atoms with E-state index >= 15 is 0 Å². The molecule has 0 saturated heterocycles. The van der Waals surface area contributed by atoms with Gasteiger partial charge in [0, 0.05) is 25.1 Å². The lowest BCUT2D eigenvalue weighted by atomic mass is 10.1. The van der Waals surface area contributed by atoms with E-state index in [9.17, 15) is 4.79 Å². The number of rotatable bonds is 2. The standard InChI is InChI=1S/C17H18N4O2/c1-2-15-18-19-16-10-20(7-8-21(15)16)17(22)13-9-12-5-3-4-6-14(12)23-11-13/h3-6,9H,2,7-8,10-11H2,1H3. The van der Waals surface area contributed by atoms with Crippen LogP contribution in [0.2, 0.25) is 0 Å². The van der Waals surface area contributed by atoms with E-state index in [0.717, 1.165) is 35.9 Å². The van der Waals surface area contributed by atoms with E-state index in [1.54, 1.807) is 0 Å². The van der Waals surface area contributed by atoms with Gasteiger partial charge in [-0.25, -0.2) is 0 Å². The van der Waals surface area contributed by atoms with Crippen LogP contribution in [0.25, 0.3) is 6.08 Å². The normalized spacial score (nSPS) is 16.2. The van der Waals surface area contributed by atoms with E-state index in [1.165, 1.54) is 0 Å². The highest BCUT2D eigenvalue weighted by Crippen LogP contribution is 2.27. The Hall–Kier alpha value is -2.63. The van der Waals surface area contributed by atoms with Gasteiger partial charge in [0.25, 0.3) is 5.91 Å². The molecule has 1 aromatic heterocycles. The SMILES string of the molecule is CCc1nnc2n1CCN(C(=O)C1=Cc3ccccc3OC1)C2. The minimum atomic E-state index is 0.0202. The van der Waals surface area contributed by atoms with Gasteiger partial charge in [-0.05, 0) is 12.1 Å². The molecule has 23 heavy (non-hydrogen) atoms. The summed E-state index contributed by atoms with van der Waals surface area (Å²) >= 11 is 0. The molecule has 3 heterocycles. The number of hydrogen-bond donors (Lipinski definition) is 0. The molecule has 0 spiro atoms. The molecule has 0 N–H and O–H groups in total. The Kier molecular flexibility index (Phi) is 3.37. The minimum absolute atomic E-state index is 0.0202. The molecule has 0 unspecified atom stereocenters. The Labute approximate surface area is 134 Å². The second-order valence-electron chi connectivity index (χ2n) is 5.76. The maximum absolute atomic E-state index is 12.8. The summed E-state index contributed by atoms with van der Waals surface area (Å²) in [5.41, 5.74) is 1.64. The van der Waals surface area contributed by atoms with Crippen LogP contribution in [0.1, 0.15) is 24.1 Å². The summed E-state index contributed by atoms with van der Waals surface area (Å²) in [5.74, 6) is 2.70. The van der Waals surface area contributed by atoms with Gasteiger partial charge in [-0.15, -0.1) is 10.2 Å². The molecule has 6 heteroatoms. The molecular formula is C17H18N4O2. The molecule has 0 fully saturated rings. The van der Waals surface area contributed by atoms with E-state index in [4.69, 9.17) is 4.74 Å². The van der Waals surface area contributed by atoms with Gasteiger partial charge in [-0.3, -0.25) is 4.79 Å². The van der Waals surface area contributed by atoms with Crippen molar-refractivity contribution in [2.75, 3.05) is 13.2 Å². The Balaban J connectivity index is 1.56. The molecule has 6 nitrogen and oxygen atoms in total. The molecule has 2 aliphatic rings. The van der Waals surface area contributed by atoms with Gasteiger partial charge in [0.05, 0.1) is 12.1 Å². The zero-order chi connectivity index (χ0) is 15.8. The highest BCUT2D eigenvalue weighted by atomic mass is 16.5. The summed E-state index contributed by atoms with van der Waals surface area (Å²) in [6.45, 7) is 4.32. The first-order valence-electron chi connectivity index (χ1n) is 7.89. The number of hydrogen-bond acceptors (Lipinski definition) is 4. The first-order chi connectivity index (χ1) is 11.3. The zero-order valence-electron chi connectivity index (χ0n) is 13.0. The van der Waals surface area contributed by atoms with Crippen molar-refractivity contribution in [3.05, 3.63) is 47.1 Å². The van der Waals surface area contributed by atoms with Gasteiger partial charge in [0.1, 0.15) is 18.2 Å². The molecule has 4 rings (SSSR count). The average molecular weight is 310 g/mol. The number of aryl methyl sites for hydroxylation is 1. The van der Waals surface area contributed by atoms with Crippen LogP contribution in [0, 0.1) is 0 Å². The smallest absolute Gasteiger partial charge is 0.253 e. The summed E-state index contributed by atoms with van der Waals surface area (Å²) in [7, 11) is 0. The van der Waals surface area contributed by atoms with E-state index in [-0.39, 0.29) is 5.91 Å². The monoisotopic (exact) mass is 310 g/mol. The third kappa shape index (κ3) is 2.40. The van der Waals surface area contributed by atoms with Crippen LogP contribution in [0.15, 0.2) is 29.8 Å². The Morgan fingerprint density at radius 3 is 3.00 bits per heavy atom. The largest absolute Gasteiger partial charge is 0.488 e. The summed E-state index contributed by atoms with van der Waals surface area (Å²) in [4.78, 5) is 14.6. The number of benzene rings is 1. The molecule has 0 saturated carbocycles. The van der Waals surface area contributed by atoms with Crippen LogP contribution in [0.4, 0.5) is 0 Å². The lowest BCUT2D eigenvalue weighted by Gasteiger charge is -2.29. The number of amides is 1. The quantitative estimate of drug-likeness (QED) is 0.846. The molecular weight excluding hydrogens is 292 g/mol. The fourth-order valence-electron chi connectivity index (χ4n) is 3.10.